The van der Waals surface area contributed by atoms with E-state index in [0.29, 0.717) is 53.1 Å². The standard InChI is InChI=1S/C26H22Cl2N4O2/c1-3-21(33)31-10-12-32(13-11-31)26-18-14-19(27)23(24(28)25(18)29-15-30-26)22-17-7-5-4-6-16(17)8-9-20(22)34-2/h3-9,14-15H,1,10-13H2,2H3. The largest absolute Gasteiger partial charge is 0.496 e. The first-order valence-corrected chi connectivity index (χ1v) is 11.6. The number of halogens is 2. The number of hydrogen-bond donors (Lipinski definition) is 0. The summed E-state index contributed by atoms with van der Waals surface area (Å²) in [4.78, 5) is 24.9. The minimum atomic E-state index is -0.0630. The molecule has 8 heteroatoms. The van der Waals surface area contributed by atoms with Crippen LogP contribution in [0.3, 0.4) is 0 Å². The van der Waals surface area contributed by atoms with Crippen molar-refractivity contribution in [3.8, 4) is 16.9 Å². The van der Waals surface area contributed by atoms with Gasteiger partial charge in [0.25, 0.3) is 0 Å². The fourth-order valence-electron chi connectivity index (χ4n) is 4.54. The summed E-state index contributed by atoms with van der Waals surface area (Å²) in [7, 11) is 1.63. The van der Waals surface area contributed by atoms with E-state index >= 15 is 0 Å². The van der Waals surface area contributed by atoms with Crippen LogP contribution in [0.1, 0.15) is 0 Å². The highest BCUT2D eigenvalue weighted by Crippen LogP contribution is 2.47. The normalized spacial score (nSPS) is 14.0. The number of carbonyl (C=O) groups is 1. The molecule has 0 spiro atoms. The van der Waals surface area contributed by atoms with Gasteiger partial charge in [-0.25, -0.2) is 9.97 Å². The van der Waals surface area contributed by atoms with Crippen molar-refractivity contribution in [2.45, 2.75) is 0 Å². The van der Waals surface area contributed by atoms with Crippen LogP contribution in [0.15, 0.2) is 61.4 Å². The Bertz CT molecular complexity index is 1430. The van der Waals surface area contributed by atoms with Gasteiger partial charge in [-0.15, -0.1) is 0 Å². The van der Waals surface area contributed by atoms with Gasteiger partial charge in [0.05, 0.1) is 22.7 Å². The second kappa shape index (κ2) is 9.12. The monoisotopic (exact) mass is 492 g/mol. The average Bonchev–Trinajstić information content (AvgIpc) is 2.88. The minimum Gasteiger partial charge on any atom is -0.496 e. The molecule has 4 aromatic rings. The van der Waals surface area contributed by atoms with Gasteiger partial charge in [0.2, 0.25) is 5.91 Å². The first kappa shape index (κ1) is 22.4. The molecule has 1 saturated heterocycles. The van der Waals surface area contributed by atoms with Crippen molar-refractivity contribution in [3.05, 3.63) is 71.5 Å². The van der Waals surface area contributed by atoms with Gasteiger partial charge in [0.1, 0.15) is 17.9 Å². The molecule has 0 aliphatic carbocycles. The molecule has 1 aromatic heterocycles. The molecule has 34 heavy (non-hydrogen) atoms. The van der Waals surface area contributed by atoms with E-state index in [-0.39, 0.29) is 5.91 Å². The quantitative estimate of drug-likeness (QED) is 0.347. The van der Waals surface area contributed by atoms with E-state index < -0.39 is 0 Å². The Morgan fingerprint density at radius 2 is 1.79 bits per heavy atom. The van der Waals surface area contributed by atoms with Gasteiger partial charge in [-0.3, -0.25) is 4.79 Å². The lowest BCUT2D eigenvalue weighted by molar-refractivity contribution is -0.126. The summed E-state index contributed by atoms with van der Waals surface area (Å²) in [6.45, 7) is 6.02. The maximum atomic E-state index is 11.9. The van der Waals surface area contributed by atoms with E-state index in [1.165, 1.54) is 12.4 Å². The molecule has 3 aromatic carbocycles. The predicted molar refractivity (Wildman–Crippen MR) is 138 cm³/mol. The minimum absolute atomic E-state index is 0.0630. The summed E-state index contributed by atoms with van der Waals surface area (Å²) in [5.74, 6) is 1.36. The third kappa shape index (κ3) is 3.73. The molecule has 0 unspecified atom stereocenters. The van der Waals surface area contributed by atoms with E-state index in [2.05, 4.69) is 21.4 Å². The molecule has 5 rings (SSSR count). The van der Waals surface area contributed by atoms with Gasteiger partial charge in [0.15, 0.2) is 0 Å². The molecule has 0 radical (unpaired) electrons. The number of ether oxygens (including phenoxy) is 1. The molecule has 6 nitrogen and oxygen atoms in total. The van der Waals surface area contributed by atoms with E-state index in [4.69, 9.17) is 27.9 Å². The van der Waals surface area contributed by atoms with Gasteiger partial charge in [-0.1, -0.05) is 60.1 Å². The molecule has 1 fully saturated rings. The molecule has 2 heterocycles. The number of anilines is 1. The Hall–Kier alpha value is -3.35. The molecule has 1 aliphatic rings. The number of hydrogen-bond acceptors (Lipinski definition) is 5. The molecule has 0 saturated carbocycles. The van der Waals surface area contributed by atoms with Crippen molar-refractivity contribution >= 4 is 56.6 Å². The number of benzene rings is 3. The molecule has 0 bridgehead atoms. The number of methoxy groups -OCH3 is 1. The van der Waals surface area contributed by atoms with Crippen molar-refractivity contribution in [1.82, 2.24) is 14.9 Å². The molecular weight excluding hydrogens is 471 g/mol. The zero-order valence-electron chi connectivity index (χ0n) is 18.6. The molecule has 172 valence electrons. The second-order valence-corrected chi connectivity index (χ2v) is 8.81. The van der Waals surface area contributed by atoms with Gasteiger partial charge >= 0.3 is 0 Å². The maximum Gasteiger partial charge on any atom is 0.246 e. The molecule has 0 atom stereocenters. The third-order valence-electron chi connectivity index (χ3n) is 6.23. The third-order valence-corrected chi connectivity index (χ3v) is 6.89. The summed E-state index contributed by atoms with van der Waals surface area (Å²) >= 11 is 13.9. The lowest BCUT2D eigenvalue weighted by Gasteiger charge is -2.35. The van der Waals surface area contributed by atoms with E-state index in [9.17, 15) is 4.79 Å². The topological polar surface area (TPSA) is 58.6 Å². The number of rotatable bonds is 4. The van der Waals surface area contributed by atoms with Crippen molar-refractivity contribution in [3.63, 3.8) is 0 Å². The Labute approximate surface area is 207 Å². The van der Waals surface area contributed by atoms with Crippen LogP contribution in [0.4, 0.5) is 5.82 Å². The smallest absolute Gasteiger partial charge is 0.246 e. The van der Waals surface area contributed by atoms with Crippen LogP contribution in [-0.4, -0.2) is 54.1 Å². The van der Waals surface area contributed by atoms with Crippen LogP contribution in [0.2, 0.25) is 10.0 Å². The van der Waals surface area contributed by atoms with Crippen molar-refractivity contribution in [2.24, 2.45) is 0 Å². The number of piperazine rings is 1. The Kier molecular flexibility index (Phi) is 6.02. The SMILES string of the molecule is C=CC(=O)N1CCN(c2ncnc3c(Cl)c(-c4c(OC)ccc5ccccc45)c(Cl)cc23)CC1. The fourth-order valence-corrected chi connectivity index (χ4v) is 5.24. The number of fused-ring (bicyclic) bond motifs is 2. The van der Waals surface area contributed by atoms with Gasteiger partial charge in [-0.05, 0) is 29.0 Å². The van der Waals surface area contributed by atoms with Crippen molar-refractivity contribution < 1.29 is 9.53 Å². The first-order valence-electron chi connectivity index (χ1n) is 10.9. The second-order valence-electron chi connectivity index (χ2n) is 8.02. The summed E-state index contributed by atoms with van der Waals surface area (Å²) in [6.07, 6.45) is 2.86. The number of aromatic nitrogens is 2. The zero-order chi connectivity index (χ0) is 23.8. The summed E-state index contributed by atoms with van der Waals surface area (Å²) in [5, 5.41) is 3.75. The Balaban J connectivity index is 1.65. The molecule has 0 N–H and O–H groups in total. The highest BCUT2D eigenvalue weighted by Gasteiger charge is 2.25. The van der Waals surface area contributed by atoms with Crippen LogP contribution in [-0.2, 0) is 4.79 Å². The van der Waals surface area contributed by atoms with Gasteiger partial charge in [0, 0.05) is 42.7 Å². The average molecular weight is 493 g/mol. The van der Waals surface area contributed by atoms with Gasteiger partial charge < -0.3 is 14.5 Å². The first-order chi connectivity index (χ1) is 16.5. The summed E-state index contributed by atoms with van der Waals surface area (Å²) in [5.41, 5.74) is 2.12. The molecule has 1 amide bonds. The molecule has 1 aliphatic heterocycles. The van der Waals surface area contributed by atoms with Crippen LogP contribution in [0.5, 0.6) is 5.75 Å². The number of amides is 1. The van der Waals surface area contributed by atoms with Crippen LogP contribution >= 0.6 is 23.2 Å². The van der Waals surface area contributed by atoms with Crippen molar-refractivity contribution in [2.75, 3.05) is 38.2 Å². The maximum absolute atomic E-state index is 11.9. The zero-order valence-corrected chi connectivity index (χ0v) is 20.1. The lowest BCUT2D eigenvalue weighted by atomic mass is 9.96. The Morgan fingerprint density at radius 3 is 2.53 bits per heavy atom. The van der Waals surface area contributed by atoms with E-state index in [1.807, 2.05) is 42.5 Å². The highest BCUT2D eigenvalue weighted by molar-refractivity contribution is 6.43. The van der Waals surface area contributed by atoms with E-state index in [1.54, 1.807) is 12.0 Å². The van der Waals surface area contributed by atoms with E-state index in [0.717, 1.165) is 27.5 Å². The molecular formula is C26H22Cl2N4O2. The fraction of sp³-hybridized carbons (Fsp3) is 0.192. The van der Waals surface area contributed by atoms with Crippen LogP contribution in [0.25, 0.3) is 32.8 Å². The highest BCUT2D eigenvalue weighted by atomic mass is 35.5. The Morgan fingerprint density at radius 1 is 1.03 bits per heavy atom. The van der Waals surface area contributed by atoms with Crippen LogP contribution < -0.4 is 9.64 Å². The van der Waals surface area contributed by atoms with Gasteiger partial charge in [-0.2, -0.15) is 0 Å². The van der Waals surface area contributed by atoms with Crippen molar-refractivity contribution in [1.29, 1.82) is 0 Å². The van der Waals surface area contributed by atoms with Crippen LogP contribution in [0, 0.1) is 0 Å². The summed E-state index contributed by atoms with van der Waals surface area (Å²) in [6, 6.07) is 13.8. The summed E-state index contributed by atoms with van der Waals surface area (Å²) < 4.78 is 5.69. The number of carbonyl (C=O) groups excluding carboxylic acids is 1. The number of nitrogens with zero attached hydrogens (tertiary/aromatic N) is 4. The predicted octanol–water partition coefficient (Wildman–Crippen LogP) is 5.60. The lowest BCUT2D eigenvalue weighted by Crippen LogP contribution is -2.48.